The number of hydrogen-bond donors (Lipinski definition) is 3. The molecular weight excluding hydrogens is 112 g/mol. The van der Waals surface area contributed by atoms with E-state index in [1.54, 1.807) is 0 Å². The molecule has 38 valence electrons. The van der Waals surface area contributed by atoms with Crippen LogP contribution >= 0.6 is 11.4 Å². The summed E-state index contributed by atoms with van der Waals surface area (Å²) in [4.78, 5) is 0. The average molecular weight is 116 g/mol. The highest BCUT2D eigenvalue weighted by Crippen LogP contribution is 2.07. The van der Waals surface area contributed by atoms with Gasteiger partial charge in [0.1, 0.15) is 0 Å². The minimum atomic E-state index is -0.137. The van der Waals surface area contributed by atoms with E-state index in [1.807, 2.05) is 0 Å². The van der Waals surface area contributed by atoms with Gasteiger partial charge in [-0.2, -0.15) is 0 Å². The molecule has 0 saturated carbocycles. The minimum absolute atomic E-state index is 0.0679. The zero-order chi connectivity index (χ0) is 5.28. The molecule has 3 heteroatoms. The average Bonchev–Trinajstić information content (AvgIpc) is 1.91. The molecule has 0 radical (unpaired) electrons. The molecule has 0 atom stereocenters. The van der Waals surface area contributed by atoms with Crippen LogP contribution in [0.4, 0.5) is 0 Å². The van der Waals surface area contributed by atoms with Crippen LogP contribution in [-0.2, 0) is 0 Å². The van der Waals surface area contributed by atoms with Gasteiger partial charge in [0, 0.05) is 5.41 Å². The van der Waals surface area contributed by atoms with Crippen molar-refractivity contribution in [3.8, 4) is 0 Å². The van der Waals surface area contributed by atoms with Crippen LogP contribution in [0.15, 0.2) is 16.9 Å². The van der Waals surface area contributed by atoms with Gasteiger partial charge < -0.3 is 10.2 Å². The molecule has 0 aliphatic carbocycles. The Hall–Kier alpha value is -0.660. The molecule has 0 unspecified atom stereocenters. The zero-order valence-electron chi connectivity index (χ0n) is 3.42. The van der Waals surface area contributed by atoms with E-state index in [-0.39, 0.29) is 11.5 Å². The van der Waals surface area contributed by atoms with Crippen LogP contribution in [0.25, 0.3) is 0 Å². The molecule has 1 rings (SSSR count). The summed E-state index contributed by atoms with van der Waals surface area (Å²) in [6.45, 7) is 0. The smallest absolute Gasteiger partial charge is 0.208 e. The van der Waals surface area contributed by atoms with Crippen LogP contribution in [0, 0.1) is 0 Å². The molecule has 1 aliphatic heterocycles. The maximum absolute atomic E-state index is 8.50. The van der Waals surface area contributed by atoms with Crippen molar-refractivity contribution >= 4 is 16.4 Å². The van der Waals surface area contributed by atoms with Gasteiger partial charge in [0.05, 0.1) is 0 Å². The fourth-order valence-corrected chi connectivity index (χ4v) is 0.819. The third-order valence-electron chi connectivity index (χ3n) is 0.600. The Bertz CT molecular complexity index is 174. The van der Waals surface area contributed by atoms with Gasteiger partial charge in [-0.05, 0) is 5.02 Å². The van der Waals surface area contributed by atoms with E-state index in [0.717, 1.165) is 11.4 Å². The lowest BCUT2D eigenvalue weighted by atomic mass is 10.5. The van der Waals surface area contributed by atoms with Gasteiger partial charge in [-0.15, -0.1) is 11.4 Å². The summed E-state index contributed by atoms with van der Waals surface area (Å²) in [6.07, 6.45) is 0. The molecule has 2 N–H and O–H groups in total. The SMILES string of the molecule is OC1=C=[SH]C=C1O. The van der Waals surface area contributed by atoms with Gasteiger partial charge in [-0.1, -0.05) is 0 Å². The van der Waals surface area contributed by atoms with Crippen LogP contribution in [0.5, 0.6) is 0 Å². The highest BCUT2D eigenvalue weighted by atomic mass is 32.1. The second-order valence-electron chi connectivity index (χ2n) is 1.10. The molecule has 0 fully saturated rings. The van der Waals surface area contributed by atoms with Gasteiger partial charge in [0.15, 0.2) is 5.76 Å². The van der Waals surface area contributed by atoms with E-state index in [1.165, 1.54) is 5.41 Å². The summed E-state index contributed by atoms with van der Waals surface area (Å²) < 4.78 is 0. The van der Waals surface area contributed by atoms with Crippen molar-refractivity contribution < 1.29 is 10.2 Å². The van der Waals surface area contributed by atoms with Crippen LogP contribution in [-0.4, -0.2) is 15.2 Å². The fourth-order valence-electron chi connectivity index (χ4n) is 0.273. The third kappa shape index (κ3) is 0.683. The number of rotatable bonds is 0. The van der Waals surface area contributed by atoms with Crippen molar-refractivity contribution in [2.24, 2.45) is 0 Å². The Morgan fingerprint density at radius 2 is 2.29 bits per heavy atom. The van der Waals surface area contributed by atoms with Gasteiger partial charge >= 0.3 is 0 Å². The number of aliphatic hydroxyl groups excluding tert-OH is 2. The molecule has 0 spiro atoms. The van der Waals surface area contributed by atoms with Crippen molar-refractivity contribution in [3.63, 3.8) is 0 Å². The minimum Gasteiger partial charge on any atom is -0.503 e. The number of thiol groups is 1. The first-order valence-corrected chi connectivity index (χ1v) is 2.68. The van der Waals surface area contributed by atoms with E-state index in [0.29, 0.717) is 0 Å². The topological polar surface area (TPSA) is 40.5 Å². The molecule has 0 saturated heterocycles. The summed E-state index contributed by atoms with van der Waals surface area (Å²) in [5.74, 6) is -0.205. The second-order valence-corrected chi connectivity index (χ2v) is 1.84. The lowest BCUT2D eigenvalue weighted by Gasteiger charge is -1.84. The van der Waals surface area contributed by atoms with E-state index in [2.05, 4.69) is 5.02 Å². The van der Waals surface area contributed by atoms with Crippen molar-refractivity contribution in [3.05, 3.63) is 16.9 Å². The van der Waals surface area contributed by atoms with Crippen molar-refractivity contribution in [2.75, 3.05) is 0 Å². The van der Waals surface area contributed by atoms with Crippen molar-refractivity contribution in [2.45, 2.75) is 0 Å². The third-order valence-corrected chi connectivity index (χ3v) is 1.31. The van der Waals surface area contributed by atoms with E-state index < -0.39 is 0 Å². The van der Waals surface area contributed by atoms with E-state index in [9.17, 15) is 0 Å². The summed E-state index contributed by atoms with van der Waals surface area (Å²) in [5, 5.41) is 20.9. The molecule has 0 aromatic rings. The van der Waals surface area contributed by atoms with Crippen LogP contribution in [0.3, 0.4) is 0 Å². The zero-order valence-corrected chi connectivity index (χ0v) is 4.31. The Morgan fingerprint density at radius 1 is 1.57 bits per heavy atom. The van der Waals surface area contributed by atoms with E-state index >= 15 is 0 Å². The Labute approximate surface area is 44.4 Å². The first-order valence-electron chi connectivity index (χ1n) is 1.72. The lowest BCUT2D eigenvalue weighted by molar-refractivity contribution is 0.335. The van der Waals surface area contributed by atoms with Crippen molar-refractivity contribution in [1.29, 1.82) is 0 Å². The molecule has 7 heavy (non-hydrogen) atoms. The fraction of sp³-hybridized carbons (Fsp3) is 0. The second kappa shape index (κ2) is 1.45. The summed E-state index contributed by atoms with van der Waals surface area (Å²) in [6, 6.07) is 0. The monoisotopic (exact) mass is 116 g/mol. The molecular formula is C4H4O2S. The van der Waals surface area contributed by atoms with Gasteiger partial charge in [0.25, 0.3) is 0 Å². The quantitative estimate of drug-likeness (QED) is 0.322. The van der Waals surface area contributed by atoms with Crippen LogP contribution < -0.4 is 0 Å². The highest BCUT2D eigenvalue weighted by molar-refractivity contribution is 8.00. The van der Waals surface area contributed by atoms with Gasteiger partial charge in [-0.3, -0.25) is 0 Å². The van der Waals surface area contributed by atoms with Crippen molar-refractivity contribution in [1.82, 2.24) is 0 Å². The maximum atomic E-state index is 8.50. The molecule has 0 aromatic heterocycles. The van der Waals surface area contributed by atoms with Gasteiger partial charge in [-0.25, -0.2) is 0 Å². The Balaban J connectivity index is 2.97. The molecule has 2 nitrogen and oxygen atoms in total. The first-order chi connectivity index (χ1) is 3.30. The normalized spacial score (nSPS) is 17.7. The van der Waals surface area contributed by atoms with E-state index in [4.69, 9.17) is 10.2 Å². The highest BCUT2D eigenvalue weighted by Gasteiger charge is 1.98. The molecule has 1 heterocycles. The predicted molar refractivity (Wildman–Crippen MR) is 30.8 cm³/mol. The molecule has 0 amide bonds. The predicted octanol–water partition coefficient (Wildman–Crippen LogP) is 0.708. The van der Waals surface area contributed by atoms with Crippen LogP contribution in [0.2, 0.25) is 0 Å². The summed E-state index contributed by atoms with van der Waals surface area (Å²) >= 11 is 0.731. The lowest BCUT2D eigenvalue weighted by Crippen LogP contribution is -1.80. The Kier molecular flexibility index (Phi) is 0.929. The first kappa shape index (κ1) is 4.50. The molecule has 0 aromatic carbocycles. The largest absolute Gasteiger partial charge is 0.503 e. The summed E-state index contributed by atoms with van der Waals surface area (Å²) in [5.41, 5.74) is 0. The summed E-state index contributed by atoms with van der Waals surface area (Å²) in [7, 11) is 0. The van der Waals surface area contributed by atoms with Crippen LogP contribution in [0.1, 0.15) is 0 Å². The molecule has 1 aliphatic rings. The number of hydrogen-bond acceptors (Lipinski definition) is 2. The Morgan fingerprint density at radius 3 is 2.43 bits per heavy atom. The maximum Gasteiger partial charge on any atom is 0.208 e. The van der Waals surface area contributed by atoms with Gasteiger partial charge in [0.2, 0.25) is 5.76 Å². The number of aliphatic hydroxyl groups is 2. The standard InChI is InChI=1S/C4H4O2S/c5-3-1-7-2-4(3)6/h1,5-7H. The molecule has 0 bridgehead atoms.